The summed E-state index contributed by atoms with van der Waals surface area (Å²) in [7, 11) is 0. The Kier molecular flexibility index (Phi) is 7.30. The van der Waals surface area contributed by atoms with E-state index in [0.29, 0.717) is 24.4 Å². The van der Waals surface area contributed by atoms with E-state index in [4.69, 9.17) is 14.7 Å². The molecule has 2 saturated heterocycles. The summed E-state index contributed by atoms with van der Waals surface area (Å²) >= 11 is 0. The van der Waals surface area contributed by atoms with Gasteiger partial charge in [-0.25, -0.2) is 0 Å². The molecule has 1 aromatic heterocycles. The molecule has 0 amide bonds. The summed E-state index contributed by atoms with van der Waals surface area (Å²) in [6.45, 7) is 6.72. The highest BCUT2D eigenvalue weighted by atomic mass is 16.5. The molecule has 6 heteroatoms. The van der Waals surface area contributed by atoms with Gasteiger partial charge >= 0.3 is 0 Å². The van der Waals surface area contributed by atoms with E-state index < -0.39 is 0 Å². The van der Waals surface area contributed by atoms with Crippen molar-refractivity contribution in [1.82, 2.24) is 14.8 Å². The minimum Gasteiger partial charge on any atom is -0.492 e. The summed E-state index contributed by atoms with van der Waals surface area (Å²) in [4.78, 5) is 9.12. The van der Waals surface area contributed by atoms with Crippen LogP contribution < -0.4 is 4.74 Å². The van der Waals surface area contributed by atoms with Gasteiger partial charge in [0, 0.05) is 45.1 Å². The molecule has 2 fully saturated rings. The van der Waals surface area contributed by atoms with E-state index in [9.17, 15) is 0 Å². The van der Waals surface area contributed by atoms with E-state index in [1.54, 1.807) is 12.1 Å². The molecule has 0 radical (unpaired) electrons. The van der Waals surface area contributed by atoms with Crippen molar-refractivity contribution in [3.8, 4) is 11.8 Å². The molecule has 0 N–H and O–H groups in total. The SMILES string of the molecule is N#Cc1ccc(OCCN2CC3CN(CCCCc4ccncc4)CC(C2)O3)cc1. The van der Waals surface area contributed by atoms with Crippen LogP contribution in [0.2, 0.25) is 0 Å². The first-order valence-electron chi connectivity index (χ1n) is 10.9. The van der Waals surface area contributed by atoms with Gasteiger partial charge in [0.2, 0.25) is 0 Å². The molecule has 2 atom stereocenters. The first-order valence-corrected chi connectivity index (χ1v) is 10.9. The number of aromatic nitrogens is 1. The Hall–Kier alpha value is -2.46. The van der Waals surface area contributed by atoms with E-state index >= 15 is 0 Å². The highest BCUT2D eigenvalue weighted by Crippen LogP contribution is 2.20. The topological polar surface area (TPSA) is 61.6 Å². The van der Waals surface area contributed by atoms with Gasteiger partial charge in [0.15, 0.2) is 0 Å². The minimum absolute atomic E-state index is 0.299. The molecule has 1 aromatic carbocycles. The summed E-state index contributed by atoms with van der Waals surface area (Å²) in [6, 6.07) is 13.7. The highest BCUT2D eigenvalue weighted by Gasteiger charge is 2.34. The molecule has 2 bridgehead atoms. The van der Waals surface area contributed by atoms with Gasteiger partial charge < -0.3 is 9.47 Å². The second kappa shape index (κ2) is 10.5. The van der Waals surface area contributed by atoms with Gasteiger partial charge in [-0.1, -0.05) is 0 Å². The Labute approximate surface area is 179 Å². The zero-order valence-electron chi connectivity index (χ0n) is 17.4. The van der Waals surface area contributed by atoms with Crippen LogP contribution in [0.4, 0.5) is 0 Å². The number of unbranched alkanes of at least 4 members (excludes halogenated alkanes) is 1. The number of hydrogen-bond donors (Lipinski definition) is 0. The standard InChI is InChI=1S/C24H30N4O2/c25-15-21-4-6-22(7-5-21)29-14-13-28-18-23-16-27(17-24(19-28)30-23)12-2-1-3-20-8-10-26-11-9-20/h4-11,23-24H,1-3,12-14,16-19H2. The molecular weight excluding hydrogens is 376 g/mol. The second-order valence-corrected chi connectivity index (χ2v) is 8.20. The van der Waals surface area contributed by atoms with Gasteiger partial charge in [-0.05, 0) is 67.8 Å². The number of aryl methyl sites for hydroxylation is 1. The van der Waals surface area contributed by atoms with Gasteiger partial charge in [-0.2, -0.15) is 5.26 Å². The van der Waals surface area contributed by atoms with Gasteiger partial charge in [0.1, 0.15) is 12.4 Å². The molecule has 2 aliphatic heterocycles. The molecule has 2 aliphatic rings. The lowest BCUT2D eigenvalue weighted by Crippen LogP contribution is -2.59. The van der Waals surface area contributed by atoms with Crippen LogP contribution in [0.25, 0.3) is 0 Å². The van der Waals surface area contributed by atoms with Gasteiger partial charge in [0.05, 0.1) is 23.8 Å². The Morgan fingerprint density at radius 3 is 2.27 bits per heavy atom. The monoisotopic (exact) mass is 406 g/mol. The Morgan fingerprint density at radius 2 is 1.60 bits per heavy atom. The number of nitriles is 1. The second-order valence-electron chi connectivity index (χ2n) is 8.20. The third-order valence-electron chi connectivity index (χ3n) is 5.83. The first-order chi connectivity index (χ1) is 14.8. The fourth-order valence-corrected chi connectivity index (χ4v) is 4.36. The maximum absolute atomic E-state index is 8.86. The van der Waals surface area contributed by atoms with Gasteiger partial charge in [-0.3, -0.25) is 14.8 Å². The number of benzene rings is 1. The van der Waals surface area contributed by atoms with Crippen molar-refractivity contribution in [3.63, 3.8) is 0 Å². The fourth-order valence-electron chi connectivity index (χ4n) is 4.36. The zero-order chi connectivity index (χ0) is 20.6. The average molecular weight is 407 g/mol. The number of nitrogens with zero attached hydrogens (tertiary/aromatic N) is 4. The van der Waals surface area contributed by atoms with Crippen LogP contribution in [0.3, 0.4) is 0 Å². The number of fused-ring (bicyclic) bond motifs is 2. The zero-order valence-corrected chi connectivity index (χ0v) is 17.4. The average Bonchev–Trinajstić information content (AvgIpc) is 2.77. The molecule has 0 aliphatic carbocycles. The van der Waals surface area contributed by atoms with E-state index in [-0.39, 0.29) is 0 Å². The van der Waals surface area contributed by atoms with Crippen molar-refractivity contribution in [2.24, 2.45) is 0 Å². The normalized spacial score (nSPS) is 21.8. The summed E-state index contributed by atoms with van der Waals surface area (Å²) in [6.07, 6.45) is 7.92. The van der Waals surface area contributed by atoms with Gasteiger partial charge in [0.25, 0.3) is 0 Å². The van der Waals surface area contributed by atoms with Crippen molar-refractivity contribution in [2.45, 2.75) is 31.5 Å². The summed E-state index contributed by atoms with van der Waals surface area (Å²) < 4.78 is 12.0. The quantitative estimate of drug-likeness (QED) is 0.597. The summed E-state index contributed by atoms with van der Waals surface area (Å²) in [5.74, 6) is 0.820. The van der Waals surface area contributed by atoms with Crippen LogP contribution in [-0.2, 0) is 11.2 Å². The number of ether oxygens (including phenoxy) is 2. The molecule has 158 valence electrons. The lowest BCUT2D eigenvalue weighted by Gasteiger charge is -2.45. The van der Waals surface area contributed by atoms with Crippen molar-refractivity contribution < 1.29 is 9.47 Å². The first kappa shape index (κ1) is 20.8. The molecule has 4 rings (SSSR count). The molecule has 3 heterocycles. The van der Waals surface area contributed by atoms with E-state index in [1.165, 1.54) is 18.4 Å². The van der Waals surface area contributed by atoms with Crippen molar-refractivity contribution in [1.29, 1.82) is 5.26 Å². The van der Waals surface area contributed by atoms with Crippen molar-refractivity contribution >= 4 is 0 Å². The van der Waals surface area contributed by atoms with E-state index in [2.05, 4.69) is 33.0 Å². The van der Waals surface area contributed by atoms with Crippen LogP contribution in [0.1, 0.15) is 24.0 Å². The predicted molar refractivity (Wildman–Crippen MR) is 115 cm³/mol. The predicted octanol–water partition coefficient (Wildman–Crippen LogP) is 2.74. The lowest BCUT2D eigenvalue weighted by molar-refractivity contribution is -0.139. The van der Waals surface area contributed by atoms with E-state index in [1.807, 2.05) is 24.5 Å². The summed E-state index contributed by atoms with van der Waals surface area (Å²) in [5, 5.41) is 8.86. The van der Waals surface area contributed by atoms with Crippen LogP contribution in [0.15, 0.2) is 48.8 Å². The third-order valence-corrected chi connectivity index (χ3v) is 5.83. The van der Waals surface area contributed by atoms with Crippen LogP contribution >= 0.6 is 0 Å². The fraction of sp³-hybridized carbons (Fsp3) is 0.500. The van der Waals surface area contributed by atoms with Gasteiger partial charge in [-0.15, -0.1) is 0 Å². The number of hydrogen-bond acceptors (Lipinski definition) is 6. The maximum atomic E-state index is 8.86. The molecule has 2 unspecified atom stereocenters. The Morgan fingerprint density at radius 1 is 0.933 bits per heavy atom. The Balaban J connectivity index is 1.14. The highest BCUT2D eigenvalue weighted by molar-refractivity contribution is 5.34. The lowest BCUT2D eigenvalue weighted by atomic mass is 10.1. The Bertz CT molecular complexity index is 807. The van der Waals surface area contributed by atoms with Crippen LogP contribution in [-0.4, -0.2) is 72.9 Å². The van der Waals surface area contributed by atoms with E-state index in [0.717, 1.165) is 51.4 Å². The van der Waals surface area contributed by atoms with Crippen LogP contribution in [0, 0.1) is 11.3 Å². The molecular formula is C24H30N4O2. The van der Waals surface area contributed by atoms with Crippen molar-refractivity contribution in [2.75, 3.05) is 45.9 Å². The summed E-state index contributed by atoms with van der Waals surface area (Å²) in [5.41, 5.74) is 2.04. The maximum Gasteiger partial charge on any atom is 0.119 e. The molecule has 2 aromatic rings. The smallest absolute Gasteiger partial charge is 0.119 e. The molecule has 30 heavy (non-hydrogen) atoms. The molecule has 0 saturated carbocycles. The van der Waals surface area contributed by atoms with Crippen molar-refractivity contribution in [3.05, 3.63) is 59.9 Å². The number of morpholine rings is 2. The molecule has 6 nitrogen and oxygen atoms in total. The third kappa shape index (κ3) is 6.02. The largest absolute Gasteiger partial charge is 0.492 e. The molecule has 0 spiro atoms. The number of rotatable bonds is 9. The minimum atomic E-state index is 0.299. The number of pyridine rings is 1. The van der Waals surface area contributed by atoms with Crippen LogP contribution in [0.5, 0.6) is 5.75 Å².